The second-order valence-electron chi connectivity index (χ2n) is 4.52. The Labute approximate surface area is 105 Å². The van der Waals surface area contributed by atoms with Gasteiger partial charge in [0.25, 0.3) is 0 Å². The van der Waals surface area contributed by atoms with Gasteiger partial charge in [0.05, 0.1) is 5.92 Å². The first-order chi connectivity index (χ1) is 8.63. The number of carboxylic acids is 1. The van der Waals surface area contributed by atoms with E-state index in [-0.39, 0.29) is 18.3 Å². The topological polar surface area (TPSA) is 81.0 Å². The van der Waals surface area contributed by atoms with Crippen molar-refractivity contribution in [3.05, 3.63) is 23.8 Å². The molecule has 1 atom stereocenters. The zero-order valence-corrected chi connectivity index (χ0v) is 10.0. The normalized spacial score (nSPS) is 19.2. The second kappa shape index (κ2) is 5.27. The van der Waals surface area contributed by atoms with E-state index >= 15 is 0 Å². The average molecular weight is 251 g/mol. The number of carbonyl (C=O) groups is 1. The Morgan fingerprint density at radius 1 is 1.44 bits per heavy atom. The van der Waals surface area contributed by atoms with Crippen LogP contribution in [0.3, 0.4) is 0 Å². The summed E-state index contributed by atoms with van der Waals surface area (Å²) in [4.78, 5) is 12.9. The number of nitrogens with zero attached hydrogens (tertiary/aromatic N) is 1. The predicted octanol–water partition coefficient (Wildman–Crippen LogP) is 0.838. The Balaban J connectivity index is 2.23. The van der Waals surface area contributed by atoms with Crippen LogP contribution in [0.15, 0.2) is 18.2 Å². The van der Waals surface area contributed by atoms with Gasteiger partial charge < -0.3 is 20.2 Å². The minimum atomic E-state index is -0.777. The van der Waals surface area contributed by atoms with Crippen LogP contribution in [0.4, 0.5) is 5.69 Å². The van der Waals surface area contributed by atoms with E-state index in [1.165, 1.54) is 0 Å². The molecule has 18 heavy (non-hydrogen) atoms. The highest BCUT2D eigenvalue weighted by molar-refractivity contribution is 5.72. The molecule has 1 saturated heterocycles. The Morgan fingerprint density at radius 3 is 2.83 bits per heavy atom. The van der Waals surface area contributed by atoms with Crippen molar-refractivity contribution in [3.8, 4) is 5.75 Å². The summed E-state index contributed by atoms with van der Waals surface area (Å²) in [5.41, 5.74) is 1.51. The number of aliphatic hydroxyl groups is 1. The lowest BCUT2D eigenvalue weighted by molar-refractivity contribution is -0.140. The number of phenols is 1. The largest absolute Gasteiger partial charge is 0.508 e. The molecule has 0 aromatic heterocycles. The molecule has 1 heterocycles. The molecule has 0 saturated carbocycles. The van der Waals surface area contributed by atoms with Gasteiger partial charge in [-0.25, -0.2) is 0 Å². The number of hydrogen-bond acceptors (Lipinski definition) is 4. The molecule has 1 aromatic rings. The quantitative estimate of drug-likeness (QED) is 0.738. The highest BCUT2D eigenvalue weighted by Crippen LogP contribution is 2.32. The smallest absolute Gasteiger partial charge is 0.308 e. The van der Waals surface area contributed by atoms with Crippen LogP contribution in [-0.2, 0) is 11.2 Å². The molecule has 0 radical (unpaired) electrons. The van der Waals surface area contributed by atoms with Crippen LogP contribution in [-0.4, -0.2) is 41.0 Å². The summed E-state index contributed by atoms with van der Waals surface area (Å²) in [7, 11) is 0. The van der Waals surface area contributed by atoms with Gasteiger partial charge in [-0.05, 0) is 18.6 Å². The lowest BCUT2D eigenvalue weighted by Crippen LogP contribution is -2.23. The van der Waals surface area contributed by atoms with Gasteiger partial charge in [0, 0.05) is 37.4 Å². The zero-order valence-electron chi connectivity index (χ0n) is 10.0. The van der Waals surface area contributed by atoms with Crippen LogP contribution in [0.1, 0.15) is 12.0 Å². The zero-order chi connectivity index (χ0) is 13.1. The first kappa shape index (κ1) is 12.7. The Morgan fingerprint density at radius 2 is 2.22 bits per heavy atom. The number of aliphatic carboxylic acids is 1. The van der Waals surface area contributed by atoms with Crippen molar-refractivity contribution >= 4 is 11.7 Å². The van der Waals surface area contributed by atoms with E-state index in [2.05, 4.69) is 0 Å². The van der Waals surface area contributed by atoms with Crippen LogP contribution in [0.2, 0.25) is 0 Å². The summed E-state index contributed by atoms with van der Waals surface area (Å²) < 4.78 is 0. The van der Waals surface area contributed by atoms with Crippen molar-refractivity contribution in [2.75, 3.05) is 24.6 Å². The van der Waals surface area contributed by atoms with E-state index in [1.807, 2.05) is 11.0 Å². The lowest BCUT2D eigenvalue weighted by Gasteiger charge is -2.22. The number of aromatic hydroxyl groups is 1. The number of hydrogen-bond donors (Lipinski definition) is 3. The molecular weight excluding hydrogens is 234 g/mol. The van der Waals surface area contributed by atoms with E-state index in [0.29, 0.717) is 31.5 Å². The van der Waals surface area contributed by atoms with Crippen LogP contribution >= 0.6 is 0 Å². The predicted molar refractivity (Wildman–Crippen MR) is 66.9 cm³/mol. The molecule has 3 N–H and O–H groups in total. The van der Waals surface area contributed by atoms with Gasteiger partial charge in [0.2, 0.25) is 0 Å². The molecule has 1 fully saturated rings. The van der Waals surface area contributed by atoms with Gasteiger partial charge in [-0.3, -0.25) is 4.79 Å². The number of phenolic OH excluding ortho intramolecular Hbond substituents is 1. The van der Waals surface area contributed by atoms with Crippen molar-refractivity contribution in [3.63, 3.8) is 0 Å². The summed E-state index contributed by atoms with van der Waals surface area (Å²) in [6.07, 6.45) is 0.986. The molecule has 1 aliphatic heterocycles. The summed E-state index contributed by atoms with van der Waals surface area (Å²) in [6.45, 7) is 1.08. The van der Waals surface area contributed by atoms with Crippen LogP contribution in [0.5, 0.6) is 5.75 Å². The van der Waals surface area contributed by atoms with Gasteiger partial charge in [-0.15, -0.1) is 0 Å². The molecule has 0 amide bonds. The number of aliphatic hydroxyl groups excluding tert-OH is 1. The fourth-order valence-electron chi connectivity index (χ4n) is 2.41. The summed E-state index contributed by atoms with van der Waals surface area (Å²) in [5, 5.41) is 27.8. The number of anilines is 1. The summed E-state index contributed by atoms with van der Waals surface area (Å²) in [6, 6.07) is 5.17. The molecule has 5 nitrogen and oxygen atoms in total. The standard InChI is InChI=1S/C13H17NO4/c15-7-5-10-11(2-1-3-12(10)16)14-6-4-9(8-14)13(17)18/h1-3,9,15-16H,4-8H2,(H,17,18). The van der Waals surface area contributed by atoms with E-state index in [1.54, 1.807) is 12.1 Å². The SMILES string of the molecule is O=C(O)C1CCN(c2cccc(O)c2CCO)C1. The molecule has 0 bridgehead atoms. The lowest BCUT2D eigenvalue weighted by atomic mass is 10.1. The van der Waals surface area contributed by atoms with Crippen molar-refractivity contribution in [1.82, 2.24) is 0 Å². The maximum Gasteiger partial charge on any atom is 0.308 e. The first-order valence-electron chi connectivity index (χ1n) is 6.03. The van der Waals surface area contributed by atoms with E-state index in [0.717, 1.165) is 5.69 Å². The van der Waals surface area contributed by atoms with Crippen LogP contribution < -0.4 is 4.90 Å². The number of rotatable bonds is 4. The van der Waals surface area contributed by atoms with Gasteiger partial charge in [0.15, 0.2) is 0 Å². The first-order valence-corrected chi connectivity index (χ1v) is 6.03. The van der Waals surface area contributed by atoms with Gasteiger partial charge in [-0.2, -0.15) is 0 Å². The highest BCUT2D eigenvalue weighted by atomic mass is 16.4. The highest BCUT2D eigenvalue weighted by Gasteiger charge is 2.29. The average Bonchev–Trinajstić information content (AvgIpc) is 2.81. The minimum absolute atomic E-state index is 0.0409. The molecule has 0 aliphatic carbocycles. The van der Waals surface area contributed by atoms with Crippen molar-refractivity contribution < 1.29 is 20.1 Å². The third-order valence-corrected chi connectivity index (χ3v) is 3.37. The van der Waals surface area contributed by atoms with Crippen LogP contribution in [0.25, 0.3) is 0 Å². The van der Waals surface area contributed by atoms with Gasteiger partial charge >= 0.3 is 5.97 Å². The minimum Gasteiger partial charge on any atom is -0.508 e. The number of benzene rings is 1. The van der Waals surface area contributed by atoms with Crippen molar-refractivity contribution in [2.45, 2.75) is 12.8 Å². The number of carboxylic acid groups (broad SMARTS) is 1. The third kappa shape index (κ3) is 2.41. The molecule has 5 heteroatoms. The van der Waals surface area contributed by atoms with Gasteiger partial charge in [-0.1, -0.05) is 6.07 Å². The van der Waals surface area contributed by atoms with E-state index in [4.69, 9.17) is 10.2 Å². The van der Waals surface area contributed by atoms with E-state index in [9.17, 15) is 9.90 Å². The molecule has 1 unspecified atom stereocenters. The Bertz CT molecular complexity index is 447. The summed E-state index contributed by atoms with van der Waals surface area (Å²) in [5.74, 6) is -0.976. The third-order valence-electron chi connectivity index (χ3n) is 3.37. The Kier molecular flexibility index (Phi) is 3.72. The second-order valence-corrected chi connectivity index (χ2v) is 4.52. The Hall–Kier alpha value is -1.75. The van der Waals surface area contributed by atoms with Crippen molar-refractivity contribution in [2.24, 2.45) is 5.92 Å². The van der Waals surface area contributed by atoms with Crippen LogP contribution in [0, 0.1) is 5.92 Å². The fraction of sp³-hybridized carbons (Fsp3) is 0.462. The molecular formula is C13H17NO4. The molecule has 0 spiro atoms. The molecule has 1 aromatic carbocycles. The molecule has 1 aliphatic rings. The fourth-order valence-corrected chi connectivity index (χ4v) is 2.41. The van der Waals surface area contributed by atoms with Crippen molar-refractivity contribution in [1.29, 1.82) is 0 Å². The maximum absolute atomic E-state index is 10.9. The summed E-state index contributed by atoms with van der Waals surface area (Å²) >= 11 is 0. The van der Waals surface area contributed by atoms with E-state index < -0.39 is 5.97 Å². The van der Waals surface area contributed by atoms with Gasteiger partial charge in [0.1, 0.15) is 5.75 Å². The monoisotopic (exact) mass is 251 g/mol. The maximum atomic E-state index is 10.9. The molecule has 2 rings (SSSR count). The molecule has 98 valence electrons.